The number of nitrogens with zero attached hydrogens (tertiary/aromatic N) is 2. The molecule has 18 heavy (non-hydrogen) atoms. The highest BCUT2D eigenvalue weighted by atomic mass is 15.2. The van der Waals surface area contributed by atoms with Gasteiger partial charge in [-0.15, -0.1) is 0 Å². The molecule has 0 atom stereocenters. The molecule has 0 saturated carbocycles. The Hall–Kier alpha value is -1.29. The zero-order chi connectivity index (χ0) is 12.8. The summed E-state index contributed by atoms with van der Waals surface area (Å²) in [6.07, 6.45) is 4.34. The summed E-state index contributed by atoms with van der Waals surface area (Å²) < 4.78 is 0. The second-order valence-corrected chi connectivity index (χ2v) is 4.75. The summed E-state index contributed by atoms with van der Waals surface area (Å²) in [5.74, 6) is 1.07. The van der Waals surface area contributed by atoms with Crippen LogP contribution in [0.25, 0.3) is 0 Å². The van der Waals surface area contributed by atoms with Crippen LogP contribution in [0.1, 0.15) is 26.7 Å². The van der Waals surface area contributed by atoms with Crippen molar-refractivity contribution in [3.63, 3.8) is 0 Å². The molecule has 1 aliphatic rings. The van der Waals surface area contributed by atoms with Crippen LogP contribution >= 0.6 is 0 Å². The maximum atomic E-state index is 4.53. The third kappa shape index (κ3) is 3.35. The van der Waals surface area contributed by atoms with E-state index in [1.54, 1.807) is 0 Å². The summed E-state index contributed by atoms with van der Waals surface area (Å²) in [7, 11) is 0. The van der Waals surface area contributed by atoms with Gasteiger partial charge in [0.1, 0.15) is 5.82 Å². The molecule has 1 aromatic rings. The lowest BCUT2D eigenvalue weighted by atomic mass is 10.1. The van der Waals surface area contributed by atoms with Crippen LogP contribution in [0.2, 0.25) is 0 Å². The van der Waals surface area contributed by atoms with Crippen molar-refractivity contribution in [3.05, 3.63) is 18.3 Å². The highest BCUT2D eigenvalue weighted by Crippen LogP contribution is 2.16. The van der Waals surface area contributed by atoms with Gasteiger partial charge in [0.2, 0.25) is 0 Å². The van der Waals surface area contributed by atoms with Crippen LogP contribution in [0.4, 0.5) is 11.5 Å². The molecule has 1 saturated heterocycles. The van der Waals surface area contributed by atoms with Crippen LogP contribution in [0.5, 0.6) is 0 Å². The topological polar surface area (TPSA) is 40.2 Å². The van der Waals surface area contributed by atoms with E-state index in [0.29, 0.717) is 6.04 Å². The molecule has 0 spiro atoms. The first-order valence-corrected chi connectivity index (χ1v) is 7.01. The van der Waals surface area contributed by atoms with Crippen LogP contribution in [-0.4, -0.2) is 37.2 Å². The number of anilines is 2. The quantitative estimate of drug-likeness (QED) is 0.837. The molecule has 1 aliphatic heterocycles. The van der Waals surface area contributed by atoms with E-state index in [-0.39, 0.29) is 0 Å². The van der Waals surface area contributed by atoms with E-state index >= 15 is 0 Å². The van der Waals surface area contributed by atoms with Gasteiger partial charge in [-0.2, -0.15) is 0 Å². The Kier molecular flexibility index (Phi) is 4.81. The van der Waals surface area contributed by atoms with Crippen molar-refractivity contribution in [1.29, 1.82) is 0 Å². The summed E-state index contributed by atoms with van der Waals surface area (Å²) in [5, 5.41) is 6.94. The number of aromatic nitrogens is 1. The predicted molar refractivity (Wildman–Crippen MR) is 77.3 cm³/mol. The minimum absolute atomic E-state index is 0.590. The SMILES string of the molecule is CCN(CC)c1ccc(NC2CCNCC2)cn1. The summed E-state index contributed by atoms with van der Waals surface area (Å²) in [6.45, 7) is 8.55. The molecule has 0 radical (unpaired) electrons. The van der Waals surface area contributed by atoms with Crippen LogP contribution in [0.15, 0.2) is 18.3 Å². The average Bonchev–Trinajstić information content (AvgIpc) is 2.43. The fourth-order valence-corrected chi connectivity index (χ4v) is 2.41. The first-order chi connectivity index (χ1) is 8.83. The Morgan fingerprint density at radius 1 is 1.28 bits per heavy atom. The molecule has 100 valence electrons. The Morgan fingerprint density at radius 3 is 2.56 bits per heavy atom. The lowest BCUT2D eigenvalue weighted by molar-refractivity contribution is 0.479. The van der Waals surface area contributed by atoms with Gasteiger partial charge in [0.15, 0.2) is 0 Å². The number of nitrogens with one attached hydrogen (secondary N) is 2. The molecule has 4 heteroatoms. The number of hydrogen-bond acceptors (Lipinski definition) is 4. The Bertz CT molecular complexity index is 339. The molecule has 0 unspecified atom stereocenters. The maximum absolute atomic E-state index is 4.53. The highest BCUT2D eigenvalue weighted by Gasteiger charge is 2.12. The van der Waals surface area contributed by atoms with Crippen molar-refractivity contribution in [3.8, 4) is 0 Å². The molecule has 2 N–H and O–H groups in total. The van der Waals surface area contributed by atoms with E-state index in [0.717, 1.165) is 37.7 Å². The van der Waals surface area contributed by atoms with Gasteiger partial charge in [-0.25, -0.2) is 4.98 Å². The van der Waals surface area contributed by atoms with Gasteiger partial charge in [-0.05, 0) is 51.9 Å². The molecule has 0 amide bonds. The van der Waals surface area contributed by atoms with E-state index in [4.69, 9.17) is 0 Å². The molecule has 0 bridgehead atoms. The molecular formula is C14H24N4. The molecule has 1 fully saturated rings. The number of rotatable bonds is 5. The zero-order valence-electron chi connectivity index (χ0n) is 11.4. The van der Waals surface area contributed by atoms with Crippen molar-refractivity contribution < 1.29 is 0 Å². The van der Waals surface area contributed by atoms with E-state index in [1.165, 1.54) is 12.8 Å². The monoisotopic (exact) mass is 248 g/mol. The first-order valence-electron chi connectivity index (χ1n) is 7.01. The van der Waals surface area contributed by atoms with E-state index in [2.05, 4.69) is 46.5 Å². The van der Waals surface area contributed by atoms with Crippen molar-refractivity contribution in [2.24, 2.45) is 0 Å². The molecule has 2 rings (SSSR count). The summed E-state index contributed by atoms with van der Waals surface area (Å²) in [4.78, 5) is 6.79. The van der Waals surface area contributed by atoms with Gasteiger partial charge < -0.3 is 15.5 Å². The number of piperidine rings is 1. The molecule has 4 nitrogen and oxygen atoms in total. The lowest BCUT2D eigenvalue weighted by Gasteiger charge is -2.25. The minimum atomic E-state index is 0.590. The van der Waals surface area contributed by atoms with Crippen molar-refractivity contribution in [2.45, 2.75) is 32.7 Å². The van der Waals surface area contributed by atoms with E-state index < -0.39 is 0 Å². The smallest absolute Gasteiger partial charge is 0.128 e. The molecule has 0 aliphatic carbocycles. The summed E-state index contributed by atoms with van der Waals surface area (Å²) >= 11 is 0. The van der Waals surface area contributed by atoms with Gasteiger partial charge in [0.05, 0.1) is 11.9 Å². The van der Waals surface area contributed by atoms with Crippen LogP contribution in [0.3, 0.4) is 0 Å². The van der Waals surface area contributed by atoms with E-state index in [9.17, 15) is 0 Å². The summed E-state index contributed by atoms with van der Waals surface area (Å²) in [5.41, 5.74) is 1.14. The normalized spacial score (nSPS) is 16.6. The van der Waals surface area contributed by atoms with Gasteiger partial charge in [-0.3, -0.25) is 0 Å². The molecule has 1 aromatic heterocycles. The Labute approximate surface area is 110 Å². The minimum Gasteiger partial charge on any atom is -0.381 e. The molecule has 0 aromatic carbocycles. The Morgan fingerprint density at radius 2 is 2.00 bits per heavy atom. The number of hydrogen-bond donors (Lipinski definition) is 2. The van der Waals surface area contributed by atoms with Gasteiger partial charge >= 0.3 is 0 Å². The zero-order valence-corrected chi connectivity index (χ0v) is 11.4. The highest BCUT2D eigenvalue weighted by molar-refractivity contribution is 5.49. The second-order valence-electron chi connectivity index (χ2n) is 4.75. The van der Waals surface area contributed by atoms with Gasteiger partial charge in [0.25, 0.3) is 0 Å². The van der Waals surface area contributed by atoms with E-state index in [1.807, 2.05) is 6.20 Å². The van der Waals surface area contributed by atoms with Crippen molar-refractivity contribution in [1.82, 2.24) is 10.3 Å². The third-order valence-electron chi connectivity index (χ3n) is 3.55. The number of pyridine rings is 1. The fourth-order valence-electron chi connectivity index (χ4n) is 2.41. The van der Waals surface area contributed by atoms with Crippen LogP contribution < -0.4 is 15.5 Å². The Balaban J connectivity index is 1.94. The van der Waals surface area contributed by atoms with Crippen LogP contribution in [-0.2, 0) is 0 Å². The third-order valence-corrected chi connectivity index (χ3v) is 3.55. The predicted octanol–water partition coefficient (Wildman–Crippen LogP) is 2.09. The van der Waals surface area contributed by atoms with Gasteiger partial charge in [-0.1, -0.05) is 0 Å². The standard InChI is InChI=1S/C14H24N4/c1-3-18(4-2)14-6-5-13(11-16-14)17-12-7-9-15-10-8-12/h5-6,11-12,15,17H,3-4,7-10H2,1-2H3. The first kappa shape index (κ1) is 13.1. The maximum Gasteiger partial charge on any atom is 0.128 e. The largest absolute Gasteiger partial charge is 0.381 e. The van der Waals surface area contributed by atoms with Crippen molar-refractivity contribution in [2.75, 3.05) is 36.4 Å². The lowest BCUT2D eigenvalue weighted by Crippen LogP contribution is -2.35. The fraction of sp³-hybridized carbons (Fsp3) is 0.643. The van der Waals surface area contributed by atoms with Gasteiger partial charge in [0, 0.05) is 19.1 Å². The second kappa shape index (κ2) is 6.59. The molecular weight excluding hydrogens is 224 g/mol. The van der Waals surface area contributed by atoms with Crippen molar-refractivity contribution >= 4 is 11.5 Å². The molecule has 2 heterocycles. The summed E-state index contributed by atoms with van der Waals surface area (Å²) in [6, 6.07) is 4.84. The average molecular weight is 248 g/mol. The van der Waals surface area contributed by atoms with Crippen LogP contribution in [0, 0.1) is 0 Å².